The number of ether oxygens (including phenoxy) is 1. The number of anilines is 1. The van der Waals surface area contributed by atoms with Crippen LogP contribution in [0.5, 0.6) is 5.88 Å². The van der Waals surface area contributed by atoms with Crippen LogP contribution in [-0.2, 0) is 6.42 Å². The summed E-state index contributed by atoms with van der Waals surface area (Å²) in [6.07, 6.45) is 2.44. The highest BCUT2D eigenvalue weighted by Gasteiger charge is 2.09. The summed E-state index contributed by atoms with van der Waals surface area (Å²) in [7, 11) is 1.74. The van der Waals surface area contributed by atoms with E-state index in [1.165, 1.54) is 0 Å². The van der Waals surface area contributed by atoms with Crippen molar-refractivity contribution in [3.8, 4) is 5.88 Å². The van der Waals surface area contributed by atoms with Gasteiger partial charge in [-0.15, -0.1) is 0 Å². The Balaban J connectivity index is 2.00. The topological polar surface area (TPSA) is 47.0 Å². The third-order valence-electron chi connectivity index (χ3n) is 2.46. The monoisotopic (exact) mass is 297 g/mol. The molecule has 1 N–H and O–H groups in total. The maximum atomic E-state index is 6.02. The van der Waals surface area contributed by atoms with Crippen molar-refractivity contribution in [2.24, 2.45) is 0 Å². The van der Waals surface area contributed by atoms with Crippen molar-refractivity contribution in [2.75, 3.05) is 19.0 Å². The number of nitrogens with one attached hydrogen (secondary N) is 1. The second-order valence-corrected chi connectivity index (χ2v) is 4.59. The molecule has 0 aliphatic carbocycles. The predicted molar refractivity (Wildman–Crippen MR) is 77.2 cm³/mol. The summed E-state index contributed by atoms with van der Waals surface area (Å²) < 4.78 is 5.56. The maximum absolute atomic E-state index is 6.02. The summed E-state index contributed by atoms with van der Waals surface area (Å²) in [5.41, 5.74) is 0.960. The lowest BCUT2D eigenvalue weighted by molar-refractivity contribution is 0.309. The average Bonchev–Trinajstić information content (AvgIpc) is 2.42. The minimum atomic E-state index is 0.367. The highest BCUT2D eigenvalue weighted by molar-refractivity contribution is 6.36. The van der Waals surface area contributed by atoms with Gasteiger partial charge in [0.25, 0.3) is 0 Å². The Morgan fingerprint density at radius 2 is 2.11 bits per heavy atom. The number of rotatable bonds is 5. The van der Waals surface area contributed by atoms with E-state index in [2.05, 4.69) is 15.3 Å². The van der Waals surface area contributed by atoms with E-state index >= 15 is 0 Å². The molecule has 0 aliphatic rings. The molecule has 0 unspecified atom stereocenters. The second-order valence-electron chi connectivity index (χ2n) is 3.78. The number of aromatic nitrogens is 2. The summed E-state index contributed by atoms with van der Waals surface area (Å²) in [5, 5.41) is 3.73. The molecule has 2 heterocycles. The molecule has 0 fully saturated rings. The number of halogens is 2. The van der Waals surface area contributed by atoms with Gasteiger partial charge in [0.05, 0.1) is 11.6 Å². The van der Waals surface area contributed by atoms with E-state index in [1.54, 1.807) is 19.3 Å². The van der Waals surface area contributed by atoms with Crippen molar-refractivity contribution < 1.29 is 4.74 Å². The zero-order valence-electron chi connectivity index (χ0n) is 10.4. The first-order valence-corrected chi connectivity index (χ1v) is 6.53. The van der Waals surface area contributed by atoms with Crippen LogP contribution in [0.25, 0.3) is 0 Å². The number of pyridine rings is 2. The van der Waals surface area contributed by atoms with Crippen LogP contribution in [0.15, 0.2) is 30.5 Å². The van der Waals surface area contributed by atoms with Crippen molar-refractivity contribution in [1.82, 2.24) is 9.97 Å². The van der Waals surface area contributed by atoms with Crippen LogP contribution in [0, 0.1) is 0 Å². The zero-order chi connectivity index (χ0) is 13.7. The van der Waals surface area contributed by atoms with Crippen LogP contribution in [0.3, 0.4) is 0 Å². The number of hydrogen-bond acceptors (Lipinski definition) is 4. The number of nitrogens with zero attached hydrogens (tertiary/aromatic N) is 2. The van der Waals surface area contributed by atoms with Crippen molar-refractivity contribution in [3.63, 3.8) is 0 Å². The summed E-state index contributed by atoms with van der Waals surface area (Å²) >= 11 is 12.0. The van der Waals surface area contributed by atoms with Crippen molar-refractivity contribution in [3.05, 3.63) is 46.2 Å². The molecule has 100 valence electrons. The fourth-order valence-corrected chi connectivity index (χ4v) is 2.03. The van der Waals surface area contributed by atoms with Crippen LogP contribution in [0.4, 0.5) is 5.82 Å². The van der Waals surface area contributed by atoms with Gasteiger partial charge in [0.1, 0.15) is 10.8 Å². The first kappa shape index (κ1) is 13.9. The second kappa shape index (κ2) is 6.59. The van der Waals surface area contributed by atoms with Crippen LogP contribution in [0.1, 0.15) is 5.69 Å². The van der Waals surface area contributed by atoms with E-state index < -0.39 is 0 Å². The van der Waals surface area contributed by atoms with Crippen molar-refractivity contribution in [1.29, 1.82) is 0 Å². The van der Waals surface area contributed by atoms with Gasteiger partial charge in [0.15, 0.2) is 0 Å². The third-order valence-corrected chi connectivity index (χ3v) is 3.02. The zero-order valence-corrected chi connectivity index (χ0v) is 11.9. The first-order valence-electron chi connectivity index (χ1n) is 5.77. The molecule has 2 rings (SSSR count). The SMILES string of the molecule is CNc1nc(OCCc2ccccn2)c(Cl)cc1Cl. The summed E-state index contributed by atoms with van der Waals surface area (Å²) in [6.45, 7) is 0.453. The quantitative estimate of drug-likeness (QED) is 0.918. The van der Waals surface area contributed by atoms with E-state index in [1.807, 2.05) is 18.2 Å². The molecular weight excluding hydrogens is 285 g/mol. The van der Waals surface area contributed by atoms with Gasteiger partial charge in [-0.25, -0.2) is 0 Å². The Morgan fingerprint density at radius 3 is 2.79 bits per heavy atom. The Labute approximate surface area is 121 Å². The molecule has 0 spiro atoms. The standard InChI is InChI=1S/C13H13Cl2N3O/c1-16-12-10(14)8-11(15)13(18-12)19-7-5-9-4-2-3-6-17-9/h2-4,6,8H,5,7H2,1H3,(H,16,18). The molecule has 0 bridgehead atoms. The molecule has 6 heteroatoms. The molecule has 0 saturated carbocycles. The lowest BCUT2D eigenvalue weighted by Gasteiger charge is -2.09. The van der Waals surface area contributed by atoms with Gasteiger partial charge in [-0.2, -0.15) is 4.98 Å². The largest absolute Gasteiger partial charge is 0.476 e. The highest BCUT2D eigenvalue weighted by atomic mass is 35.5. The fourth-order valence-electron chi connectivity index (χ4n) is 1.52. The lowest BCUT2D eigenvalue weighted by Crippen LogP contribution is -2.05. The van der Waals surface area contributed by atoms with Crippen molar-refractivity contribution >= 4 is 29.0 Å². The van der Waals surface area contributed by atoms with Crippen LogP contribution in [-0.4, -0.2) is 23.6 Å². The summed E-state index contributed by atoms with van der Waals surface area (Å²) in [6, 6.07) is 7.37. The van der Waals surface area contributed by atoms with Gasteiger partial charge in [0.2, 0.25) is 5.88 Å². The van der Waals surface area contributed by atoms with Gasteiger partial charge in [-0.05, 0) is 18.2 Å². The van der Waals surface area contributed by atoms with Crippen LogP contribution < -0.4 is 10.1 Å². The lowest BCUT2D eigenvalue weighted by atomic mass is 10.3. The molecule has 2 aromatic rings. The normalized spacial score (nSPS) is 10.3. The predicted octanol–water partition coefficient (Wildman–Crippen LogP) is 3.45. The van der Waals surface area contributed by atoms with Gasteiger partial charge in [-0.1, -0.05) is 29.3 Å². The highest BCUT2D eigenvalue weighted by Crippen LogP contribution is 2.30. The number of hydrogen-bond donors (Lipinski definition) is 1. The molecule has 0 amide bonds. The van der Waals surface area contributed by atoms with E-state index in [9.17, 15) is 0 Å². The summed E-state index contributed by atoms with van der Waals surface area (Å²) in [4.78, 5) is 8.42. The molecule has 0 radical (unpaired) electrons. The maximum Gasteiger partial charge on any atom is 0.234 e. The Morgan fingerprint density at radius 1 is 1.26 bits per heavy atom. The fraction of sp³-hybridized carbons (Fsp3) is 0.231. The molecule has 0 saturated heterocycles. The Bertz CT molecular complexity index is 549. The molecule has 4 nitrogen and oxygen atoms in total. The molecular formula is C13H13Cl2N3O. The molecule has 0 atom stereocenters. The molecule has 0 aromatic carbocycles. The molecule has 2 aromatic heterocycles. The van der Waals surface area contributed by atoms with E-state index in [0.717, 1.165) is 5.69 Å². The van der Waals surface area contributed by atoms with Crippen LogP contribution >= 0.6 is 23.2 Å². The van der Waals surface area contributed by atoms with Gasteiger partial charge < -0.3 is 10.1 Å². The van der Waals surface area contributed by atoms with E-state index in [-0.39, 0.29) is 0 Å². The average molecular weight is 298 g/mol. The van der Waals surface area contributed by atoms with Gasteiger partial charge >= 0.3 is 0 Å². The van der Waals surface area contributed by atoms with Gasteiger partial charge in [0, 0.05) is 25.4 Å². The van der Waals surface area contributed by atoms with Gasteiger partial charge in [-0.3, -0.25) is 4.98 Å². The smallest absolute Gasteiger partial charge is 0.234 e. The molecule has 0 aliphatic heterocycles. The third kappa shape index (κ3) is 3.72. The van der Waals surface area contributed by atoms with E-state index in [0.29, 0.717) is 34.8 Å². The van der Waals surface area contributed by atoms with Crippen molar-refractivity contribution in [2.45, 2.75) is 6.42 Å². The minimum Gasteiger partial charge on any atom is -0.476 e. The Kier molecular flexibility index (Phi) is 4.82. The first-order chi connectivity index (χ1) is 9.20. The Hall–Kier alpha value is -1.52. The molecule has 19 heavy (non-hydrogen) atoms. The van der Waals surface area contributed by atoms with E-state index in [4.69, 9.17) is 27.9 Å². The minimum absolute atomic E-state index is 0.367. The van der Waals surface area contributed by atoms with Crippen LogP contribution in [0.2, 0.25) is 10.0 Å². The summed E-state index contributed by atoms with van der Waals surface area (Å²) in [5.74, 6) is 0.908.